The second-order valence-electron chi connectivity index (χ2n) is 4.84. The Morgan fingerprint density at radius 1 is 1.45 bits per heavy atom. The van der Waals surface area contributed by atoms with Crippen LogP contribution in [0.1, 0.15) is 24.3 Å². The number of nitrogens with two attached hydrogens (primary N) is 1. The maximum absolute atomic E-state index is 12.0. The quantitative estimate of drug-likeness (QED) is 0.596. The maximum atomic E-state index is 12.0. The molecule has 0 saturated heterocycles. The number of rotatable bonds is 6. The summed E-state index contributed by atoms with van der Waals surface area (Å²) >= 11 is 0. The number of carbonyl (C=O) groups excluding carboxylic acids is 2. The fourth-order valence-electron chi connectivity index (χ4n) is 1.86. The second-order valence-corrected chi connectivity index (χ2v) is 4.84. The number of primary amides is 1. The number of amides is 1. The van der Waals surface area contributed by atoms with Gasteiger partial charge in [-0.3, -0.25) is 9.59 Å². The Balaban J connectivity index is 2.18. The van der Waals surface area contributed by atoms with Crippen LogP contribution in [0.25, 0.3) is 0 Å². The van der Waals surface area contributed by atoms with Gasteiger partial charge in [-0.05, 0) is 36.5 Å². The predicted molar refractivity (Wildman–Crippen MR) is 70.3 cm³/mol. The third kappa shape index (κ3) is 3.20. The minimum atomic E-state index is -1.19. The van der Waals surface area contributed by atoms with Gasteiger partial charge in [-0.2, -0.15) is 0 Å². The van der Waals surface area contributed by atoms with Crippen molar-refractivity contribution in [3.63, 3.8) is 0 Å². The van der Waals surface area contributed by atoms with Crippen molar-refractivity contribution in [2.75, 3.05) is 13.7 Å². The lowest BCUT2D eigenvalue weighted by Crippen LogP contribution is -2.30. The van der Waals surface area contributed by atoms with Crippen LogP contribution in [-0.2, 0) is 14.3 Å². The fraction of sp³-hybridized carbons (Fsp3) is 0.429. The third-order valence-corrected chi connectivity index (χ3v) is 3.22. The maximum Gasteiger partial charge on any atom is 0.323 e. The SMILES string of the molecule is COc1cc(C(C(N)=O)C(=O)OCC2CC2)ccc1O. The van der Waals surface area contributed by atoms with Crippen LogP contribution in [0, 0.1) is 5.92 Å². The van der Waals surface area contributed by atoms with Crippen molar-refractivity contribution >= 4 is 11.9 Å². The minimum Gasteiger partial charge on any atom is -0.504 e. The fourth-order valence-corrected chi connectivity index (χ4v) is 1.86. The van der Waals surface area contributed by atoms with E-state index in [1.165, 1.54) is 25.3 Å². The highest BCUT2D eigenvalue weighted by molar-refractivity contribution is 6.02. The van der Waals surface area contributed by atoms with Crippen molar-refractivity contribution in [1.29, 1.82) is 0 Å². The highest BCUT2D eigenvalue weighted by atomic mass is 16.5. The van der Waals surface area contributed by atoms with E-state index in [4.69, 9.17) is 15.2 Å². The van der Waals surface area contributed by atoms with Gasteiger partial charge in [0.2, 0.25) is 5.91 Å². The molecule has 0 heterocycles. The van der Waals surface area contributed by atoms with Gasteiger partial charge in [0.1, 0.15) is 0 Å². The van der Waals surface area contributed by atoms with E-state index in [1.807, 2.05) is 0 Å². The summed E-state index contributed by atoms with van der Waals surface area (Å²) in [6.07, 6.45) is 2.09. The van der Waals surface area contributed by atoms with E-state index >= 15 is 0 Å². The summed E-state index contributed by atoms with van der Waals surface area (Å²) in [6, 6.07) is 4.20. The average molecular weight is 279 g/mol. The van der Waals surface area contributed by atoms with Gasteiger partial charge in [0.05, 0.1) is 13.7 Å². The summed E-state index contributed by atoms with van der Waals surface area (Å²) < 4.78 is 10.1. The topological polar surface area (TPSA) is 98.9 Å². The smallest absolute Gasteiger partial charge is 0.323 e. The van der Waals surface area contributed by atoms with Gasteiger partial charge in [0, 0.05) is 0 Å². The number of esters is 1. The molecule has 6 nitrogen and oxygen atoms in total. The van der Waals surface area contributed by atoms with Crippen LogP contribution in [0.5, 0.6) is 11.5 Å². The third-order valence-electron chi connectivity index (χ3n) is 3.22. The first kappa shape index (κ1) is 14.2. The summed E-state index contributed by atoms with van der Waals surface area (Å²) in [5.41, 5.74) is 5.62. The molecule has 1 unspecified atom stereocenters. The average Bonchev–Trinajstić information content (AvgIpc) is 3.22. The van der Waals surface area contributed by atoms with Gasteiger partial charge in [-0.25, -0.2) is 0 Å². The van der Waals surface area contributed by atoms with E-state index in [-0.39, 0.29) is 11.5 Å². The number of ether oxygens (including phenoxy) is 2. The van der Waals surface area contributed by atoms with Crippen LogP contribution in [0.2, 0.25) is 0 Å². The zero-order valence-corrected chi connectivity index (χ0v) is 11.2. The first-order chi connectivity index (χ1) is 9.52. The van der Waals surface area contributed by atoms with Crippen LogP contribution in [0.15, 0.2) is 18.2 Å². The monoisotopic (exact) mass is 279 g/mol. The van der Waals surface area contributed by atoms with Crippen molar-refractivity contribution in [2.45, 2.75) is 18.8 Å². The van der Waals surface area contributed by atoms with Crippen LogP contribution in [0.4, 0.5) is 0 Å². The second kappa shape index (κ2) is 5.81. The largest absolute Gasteiger partial charge is 0.504 e. The molecule has 1 aliphatic rings. The normalized spacial score (nSPS) is 15.4. The molecule has 1 saturated carbocycles. The number of benzene rings is 1. The molecule has 1 aromatic carbocycles. The molecular weight excluding hydrogens is 262 g/mol. The molecular formula is C14H17NO5. The standard InChI is InChI=1S/C14H17NO5/c1-19-11-6-9(4-5-10(11)16)12(13(15)17)14(18)20-7-8-2-3-8/h4-6,8,12,16H,2-3,7H2,1H3,(H2,15,17). The first-order valence-electron chi connectivity index (χ1n) is 6.35. The lowest BCUT2D eigenvalue weighted by Gasteiger charge is -2.14. The molecule has 108 valence electrons. The van der Waals surface area contributed by atoms with Crippen molar-refractivity contribution in [3.8, 4) is 11.5 Å². The molecule has 6 heteroatoms. The Kier molecular flexibility index (Phi) is 4.12. The Bertz CT molecular complexity index is 524. The minimum absolute atomic E-state index is 0.0779. The number of methoxy groups -OCH3 is 1. The van der Waals surface area contributed by atoms with Crippen LogP contribution in [-0.4, -0.2) is 30.7 Å². The van der Waals surface area contributed by atoms with Gasteiger partial charge < -0.3 is 20.3 Å². The van der Waals surface area contributed by atoms with Crippen LogP contribution in [0.3, 0.4) is 0 Å². The highest BCUT2D eigenvalue weighted by Crippen LogP contribution is 2.32. The summed E-state index contributed by atoms with van der Waals surface area (Å²) in [5.74, 6) is -2.16. The zero-order valence-electron chi connectivity index (χ0n) is 11.2. The summed E-state index contributed by atoms with van der Waals surface area (Å²) in [4.78, 5) is 23.5. The van der Waals surface area contributed by atoms with Gasteiger partial charge >= 0.3 is 5.97 Å². The number of phenolic OH excluding ortho intramolecular Hbond substituents is 1. The van der Waals surface area contributed by atoms with Crippen molar-refractivity contribution in [1.82, 2.24) is 0 Å². The Morgan fingerprint density at radius 2 is 2.15 bits per heavy atom. The number of hydrogen-bond acceptors (Lipinski definition) is 5. The molecule has 20 heavy (non-hydrogen) atoms. The summed E-state index contributed by atoms with van der Waals surface area (Å²) in [6.45, 7) is 0.317. The molecule has 0 spiro atoms. The molecule has 1 aliphatic carbocycles. The molecule has 0 radical (unpaired) electrons. The molecule has 0 aliphatic heterocycles. The van der Waals surface area contributed by atoms with E-state index in [2.05, 4.69) is 0 Å². The molecule has 3 N–H and O–H groups in total. The van der Waals surface area contributed by atoms with E-state index in [1.54, 1.807) is 0 Å². The molecule has 1 atom stereocenters. The molecule has 1 amide bonds. The van der Waals surface area contributed by atoms with Crippen molar-refractivity contribution in [3.05, 3.63) is 23.8 Å². The number of hydrogen-bond donors (Lipinski definition) is 2. The van der Waals surface area contributed by atoms with Gasteiger partial charge in [-0.15, -0.1) is 0 Å². The Hall–Kier alpha value is -2.24. The van der Waals surface area contributed by atoms with Gasteiger partial charge in [0.25, 0.3) is 0 Å². The van der Waals surface area contributed by atoms with Crippen LogP contribution >= 0.6 is 0 Å². The zero-order chi connectivity index (χ0) is 14.7. The van der Waals surface area contributed by atoms with Gasteiger partial charge in [0.15, 0.2) is 17.4 Å². The van der Waals surface area contributed by atoms with Crippen molar-refractivity contribution < 1.29 is 24.2 Å². The number of aromatic hydroxyl groups is 1. The van der Waals surface area contributed by atoms with E-state index in [0.29, 0.717) is 18.1 Å². The molecule has 1 aromatic rings. The molecule has 0 bridgehead atoms. The van der Waals surface area contributed by atoms with E-state index in [0.717, 1.165) is 12.8 Å². The Morgan fingerprint density at radius 3 is 2.70 bits per heavy atom. The Labute approximate surface area is 116 Å². The predicted octanol–water partition coefficient (Wildman–Crippen LogP) is 0.923. The highest BCUT2D eigenvalue weighted by Gasteiger charge is 2.31. The van der Waals surface area contributed by atoms with Crippen LogP contribution < -0.4 is 10.5 Å². The van der Waals surface area contributed by atoms with Crippen molar-refractivity contribution in [2.24, 2.45) is 11.7 Å². The number of phenols is 1. The number of carbonyl (C=O) groups is 2. The van der Waals surface area contributed by atoms with E-state index < -0.39 is 17.8 Å². The first-order valence-corrected chi connectivity index (χ1v) is 6.35. The summed E-state index contributed by atoms with van der Waals surface area (Å²) in [5, 5.41) is 9.52. The lowest BCUT2D eigenvalue weighted by molar-refractivity contribution is -0.148. The van der Waals surface area contributed by atoms with E-state index in [9.17, 15) is 14.7 Å². The van der Waals surface area contributed by atoms with Gasteiger partial charge in [-0.1, -0.05) is 6.07 Å². The molecule has 1 fully saturated rings. The summed E-state index contributed by atoms with van der Waals surface area (Å²) in [7, 11) is 1.38. The molecule has 0 aromatic heterocycles. The molecule has 2 rings (SSSR count). The lowest BCUT2D eigenvalue weighted by atomic mass is 9.98.